The number of rotatable bonds is 0. The summed E-state index contributed by atoms with van der Waals surface area (Å²) in [5.41, 5.74) is 5.59. The number of amidine groups is 1. The Morgan fingerprint density at radius 3 is 2.90 bits per heavy atom. The molecule has 1 aliphatic carbocycles. The first-order valence-electron chi connectivity index (χ1n) is 3.59. The van der Waals surface area contributed by atoms with E-state index in [2.05, 4.69) is 11.9 Å². The number of hydrogen-bond donors (Lipinski definition) is 1. The zero-order chi connectivity index (χ0) is 6.43. The molecular weight excluding hydrogens is 148 g/mol. The number of halogens is 1. The minimum absolute atomic E-state index is 0. The Morgan fingerprint density at radius 2 is 2.30 bits per heavy atom. The fourth-order valence-corrected chi connectivity index (χ4v) is 1.71. The van der Waals surface area contributed by atoms with Gasteiger partial charge in [-0.25, -0.2) is 0 Å². The van der Waals surface area contributed by atoms with Crippen LogP contribution in [0.4, 0.5) is 0 Å². The van der Waals surface area contributed by atoms with Crippen LogP contribution in [0.15, 0.2) is 4.99 Å². The second-order valence-corrected chi connectivity index (χ2v) is 3.27. The van der Waals surface area contributed by atoms with Crippen molar-refractivity contribution >= 4 is 18.2 Å². The summed E-state index contributed by atoms with van der Waals surface area (Å²) in [5.74, 6) is 2.56. The summed E-state index contributed by atoms with van der Waals surface area (Å²) in [6.45, 7) is 2.27. The van der Waals surface area contributed by atoms with E-state index in [4.69, 9.17) is 5.73 Å². The molecule has 0 aromatic carbocycles. The molecule has 2 rings (SSSR count). The summed E-state index contributed by atoms with van der Waals surface area (Å²) in [6.07, 6.45) is 2.32. The standard InChI is InChI=1S/C7H12N2.ClH/c1-4-2-7(8)9-6-3-5(4)6;/h4-6H,2-3H2,1H3,(H2,8,9);1H. The van der Waals surface area contributed by atoms with Crippen LogP contribution in [0.5, 0.6) is 0 Å². The zero-order valence-electron chi connectivity index (χ0n) is 6.08. The first-order valence-corrected chi connectivity index (χ1v) is 3.59. The van der Waals surface area contributed by atoms with Crippen molar-refractivity contribution in [2.24, 2.45) is 22.6 Å². The Bertz CT molecular complexity index is 167. The van der Waals surface area contributed by atoms with E-state index in [9.17, 15) is 0 Å². The lowest BCUT2D eigenvalue weighted by Gasteiger charge is -2.13. The molecule has 0 spiro atoms. The van der Waals surface area contributed by atoms with Gasteiger partial charge in [0.1, 0.15) is 0 Å². The first-order chi connectivity index (χ1) is 4.27. The number of nitrogens with zero attached hydrogens (tertiary/aromatic N) is 1. The SMILES string of the molecule is CC1CC(N)=NC2CC12.Cl. The van der Waals surface area contributed by atoms with Crippen LogP contribution < -0.4 is 5.73 Å². The molecule has 0 saturated heterocycles. The van der Waals surface area contributed by atoms with Crippen LogP contribution in [-0.2, 0) is 0 Å². The molecule has 1 saturated carbocycles. The van der Waals surface area contributed by atoms with Gasteiger partial charge in [0.2, 0.25) is 0 Å². The van der Waals surface area contributed by atoms with Gasteiger partial charge in [-0.2, -0.15) is 0 Å². The summed E-state index contributed by atoms with van der Waals surface area (Å²) in [5, 5.41) is 0. The van der Waals surface area contributed by atoms with E-state index < -0.39 is 0 Å². The lowest BCUT2D eigenvalue weighted by molar-refractivity contribution is 0.498. The summed E-state index contributed by atoms with van der Waals surface area (Å²) in [7, 11) is 0. The highest BCUT2D eigenvalue weighted by Crippen LogP contribution is 2.44. The molecule has 3 unspecified atom stereocenters. The second-order valence-electron chi connectivity index (χ2n) is 3.27. The normalized spacial score (nSPS) is 42.9. The smallest absolute Gasteiger partial charge is 0.0943 e. The number of hydrogen-bond acceptors (Lipinski definition) is 2. The molecule has 1 aliphatic heterocycles. The van der Waals surface area contributed by atoms with Crippen LogP contribution in [-0.4, -0.2) is 11.9 Å². The average molecular weight is 161 g/mol. The summed E-state index contributed by atoms with van der Waals surface area (Å²) < 4.78 is 0. The van der Waals surface area contributed by atoms with Gasteiger partial charge in [-0.1, -0.05) is 6.92 Å². The van der Waals surface area contributed by atoms with E-state index in [0.29, 0.717) is 6.04 Å². The van der Waals surface area contributed by atoms with E-state index in [1.165, 1.54) is 6.42 Å². The van der Waals surface area contributed by atoms with E-state index in [-0.39, 0.29) is 12.4 Å². The van der Waals surface area contributed by atoms with Gasteiger partial charge in [-0.15, -0.1) is 12.4 Å². The molecule has 10 heavy (non-hydrogen) atoms. The van der Waals surface area contributed by atoms with Gasteiger partial charge < -0.3 is 5.73 Å². The number of nitrogens with two attached hydrogens (primary N) is 1. The summed E-state index contributed by atoms with van der Waals surface area (Å²) in [4.78, 5) is 4.30. The second kappa shape index (κ2) is 2.42. The van der Waals surface area contributed by atoms with Crippen LogP contribution in [0.2, 0.25) is 0 Å². The zero-order valence-corrected chi connectivity index (χ0v) is 6.90. The maximum Gasteiger partial charge on any atom is 0.0943 e. The van der Waals surface area contributed by atoms with Gasteiger partial charge in [0.25, 0.3) is 0 Å². The van der Waals surface area contributed by atoms with Crippen molar-refractivity contribution in [2.75, 3.05) is 0 Å². The molecule has 1 fully saturated rings. The highest BCUT2D eigenvalue weighted by atomic mass is 35.5. The third-order valence-electron chi connectivity index (χ3n) is 2.40. The van der Waals surface area contributed by atoms with Crippen molar-refractivity contribution in [3.8, 4) is 0 Å². The predicted molar refractivity (Wildman–Crippen MR) is 44.5 cm³/mol. The van der Waals surface area contributed by atoms with E-state index >= 15 is 0 Å². The Labute approximate surface area is 67.3 Å². The molecule has 2 nitrogen and oxygen atoms in total. The molecule has 2 N–H and O–H groups in total. The monoisotopic (exact) mass is 160 g/mol. The van der Waals surface area contributed by atoms with Crippen molar-refractivity contribution in [1.29, 1.82) is 0 Å². The van der Waals surface area contributed by atoms with Crippen molar-refractivity contribution in [3.05, 3.63) is 0 Å². The number of aliphatic imine (C=N–C) groups is 1. The van der Waals surface area contributed by atoms with Crippen molar-refractivity contribution in [3.63, 3.8) is 0 Å². The molecule has 58 valence electrons. The van der Waals surface area contributed by atoms with Crippen LogP contribution in [0.25, 0.3) is 0 Å². The minimum atomic E-state index is 0. The van der Waals surface area contributed by atoms with Gasteiger partial charge in [0, 0.05) is 6.42 Å². The lowest BCUT2D eigenvalue weighted by atomic mass is 9.99. The van der Waals surface area contributed by atoms with Crippen molar-refractivity contribution in [2.45, 2.75) is 25.8 Å². The van der Waals surface area contributed by atoms with Crippen LogP contribution in [0, 0.1) is 11.8 Å². The molecule has 0 aromatic heterocycles. The maximum absolute atomic E-state index is 5.59. The summed E-state index contributed by atoms with van der Waals surface area (Å²) >= 11 is 0. The lowest BCUT2D eigenvalue weighted by Crippen LogP contribution is -2.22. The predicted octanol–water partition coefficient (Wildman–Crippen LogP) is 1.19. The Morgan fingerprint density at radius 1 is 1.60 bits per heavy atom. The highest BCUT2D eigenvalue weighted by Gasteiger charge is 2.43. The molecule has 1 heterocycles. The van der Waals surface area contributed by atoms with E-state index in [1.807, 2.05) is 0 Å². The fourth-order valence-electron chi connectivity index (χ4n) is 1.71. The van der Waals surface area contributed by atoms with Gasteiger partial charge in [0.15, 0.2) is 0 Å². The van der Waals surface area contributed by atoms with Crippen LogP contribution >= 0.6 is 12.4 Å². The first kappa shape index (κ1) is 7.86. The van der Waals surface area contributed by atoms with E-state index in [1.54, 1.807) is 0 Å². The quantitative estimate of drug-likeness (QED) is 0.568. The molecule has 2 aliphatic rings. The minimum Gasteiger partial charge on any atom is -0.387 e. The van der Waals surface area contributed by atoms with Gasteiger partial charge in [-0.3, -0.25) is 4.99 Å². The molecule has 3 atom stereocenters. The molecule has 0 radical (unpaired) electrons. The third kappa shape index (κ3) is 1.12. The highest BCUT2D eigenvalue weighted by molar-refractivity contribution is 5.85. The molecule has 3 heteroatoms. The van der Waals surface area contributed by atoms with Crippen LogP contribution in [0.3, 0.4) is 0 Å². The molecule has 0 aromatic rings. The largest absolute Gasteiger partial charge is 0.387 e. The van der Waals surface area contributed by atoms with Gasteiger partial charge in [-0.05, 0) is 18.3 Å². The van der Waals surface area contributed by atoms with Crippen LogP contribution in [0.1, 0.15) is 19.8 Å². The summed E-state index contributed by atoms with van der Waals surface area (Å²) in [6, 6.07) is 0.619. The van der Waals surface area contributed by atoms with Crippen molar-refractivity contribution < 1.29 is 0 Å². The topological polar surface area (TPSA) is 38.4 Å². The number of fused-ring (bicyclic) bond motifs is 1. The Kier molecular flexibility index (Phi) is 1.90. The molecule has 0 amide bonds. The van der Waals surface area contributed by atoms with Gasteiger partial charge in [0.05, 0.1) is 11.9 Å². The van der Waals surface area contributed by atoms with Gasteiger partial charge >= 0.3 is 0 Å². The molecule has 0 bridgehead atoms. The third-order valence-corrected chi connectivity index (χ3v) is 2.40. The van der Waals surface area contributed by atoms with Crippen molar-refractivity contribution in [1.82, 2.24) is 0 Å². The fraction of sp³-hybridized carbons (Fsp3) is 0.857. The molecular formula is C7H13ClN2. The van der Waals surface area contributed by atoms with E-state index in [0.717, 1.165) is 24.1 Å². The Hall–Kier alpha value is -0.240. The average Bonchev–Trinajstić information content (AvgIpc) is 2.43. The maximum atomic E-state index is 5.59. The Balaban J connectivity index is 0.000000500.